The van der Waals surface area contributed by atoms with Crippen molar-refractivity contribution in [2.24, 2.45) is 4.99 Å². The molecular formula is C22H25F2N3OS. The van der Waals surface area contributed by atoms with Crippen LogP contribution in [-0.4, -0.2) is 42.5 Å². The molecule has 0 unspecified atom stereocenters. The van der Waals surface area contributed by atoms with Crippen LogP contribution in [0.15, 0.2) is 59.1 Å². The second-order valence-corrected chi connectivity index (χ2v) is 7.12. The summed E-state index contributed by atoms with van der Waals surface area (Å²) < 4.78 is 25.3. The number of fused-ring (bicyclic) bond motifs is 1. The van der Waals surface area contributed by atoms with E-state index in [-0.39, 0.29) is 19.0 Å². The second kappa shape index (κ2) is 13.3. The third kappa shape index (κ3) is 8.79. The molecule has 1 N–H and O–H groups in total. The summed E-state index contributed by atoms with van der Waals surface area (Å²) in [7, 11) is 0. The first kappa shape index (κ1) is 24.2. The predicted octanol–water partition coefficient (Wildman–Crippen LogP) is 4.53. The minimum atomic E-state index is -2.49. The fraction of sp³-hybridized carbons (Fsp3) is 0.273. The van der Waals surface area contributed by atoms with Gasteiger partial charge in [-0.3, -0.25) is 9.79 Å². The number of halogens is 2. The Balaban J connectivity index is 0.00000204. The molecular weight excluding hydrogens is 392 g/mol. The monoisotopic (exact) mass is 417 g/mol. The molecule has 7 heteroatoms. The number of thioether (sulfide) groups is 1. The van der Waals surface area contributed by atoms with E-state index in [1.165, 1.54) is 23.0 Å². The first-order valence-corrected chi connectivity index (χ1v) is 9.92. The van der Waals surface area contributed by atoms with Crippen LogP contribution in [-0.2, 0) is 11.2 Å². The van der Waals surface area contributed by atoms with Gasteiger partial charge in [0.25, 0.3) is 6.43 Å². The van der Waals surface area contributed by atoms with Gasteiger partial charge in [-0.1, -0.05) is 56.0 Å². The maximum Gasteiger partial charge on any atom is 0.256 e. The van der Waals surface area contributed by atoms with E-state index in [9.17, 15) is 13.6 Å². The zero-order valence-electron chi connectivity index (χ0n) is 16.4. The smallest absolute Gasteiger partial charge is 0.256 e. The topological polar surface area (TPSA) is 44.7 Å². The van der Waals surface area contributed by atoms with Gasteiger partial charge in [-0.15, -0.1) is 24.6 Å². The quantitative estimate of drug-likeness (QED) is 0.351. The molecule has 0 spiro atoms. The van der Waals surface area contributed by atoms with Gasteiger partial charge in [0, 0.05) is 0 Å². The van der Waals surface area contributed by atoms with Gasteiger partial charge in [-0.05, 0) is 22.1 Å². The van der Waals surface area contributed by atoms with Crippen LogP contribution < -0.4 is 5.32 Å². The number of rotatable bonds is 10. The molecule has 0 atom stereocenters. The third-order valence-corrected chi connectivity index (χ3v) is 4.59. The van der Waals surface area contributed by atoms with Crippen LogP contribution in [0.5, 0.6) is 0 Å². The number of hydrogen-bond acceptors (Lipinski definition) is 3. The Labute approximate surface area is 175 Å². The highest BCUT2D eigenvalue weighted by atomic mass is 32.2. The highest BCUT2D eigenvalue weighted by Gasteiger charge is 2.12. The van der Waals surface area contributed by atoms with Crippen LogP contribution in [0.3, 0.4) is 0 Å². The minimum absolute atomic E-state index is 0.0240. The van der Waals surface area contributed by atoms with Crippen molar-refractivity contribution < 1.29 is 13.6 Å². The van der Waals surface area contributed by atoms with Gasteiger partial charge in [-0.25, -0.2) is 8.78 Å². The first-order valence-electron chi connectivity index (χ1n) is 8.93. The zero-order valence-corrected chi connectivity index (χ0v) is 17.2. The number of carbonyl (C=O) groups is 1. The standard InChI is InChI=1S/C20H23F2N3OS.C2H2/c1-3-27-15(2)25(12-19(21)22)14-23-13-24-20(26)11-16-8-9-17-6-4-5-7-18(17)10-16;1-2/h4-10,14,19H,2-3,11-13H2,1H3,(H,24,26);1-2H/b23-14-;. The molecule has 0 bridgehead atoms. The predicted molar refractivity (Wildman–Crippen MR) is 119 cm³/mol. The zero-order chi connectivity index (χ0) is 21.6. The molecule has 154 valence electrons. The van der Waals surface area contributed by atoms with Gasteiger partial charge in [0.05, 0.1) is 24.3 Å². The summed E-state index contributed by atoms with van der Waals surface area (Å²) in [4.78, 5) is 17.4. The number of nitrogens with one attached hydrogen (secondary N) is 1. The Morgan fingerprint density at radius 2 is 1.97 bits per heavy atom. The van der Waals surface area contributed by atoms with Crippen LogP contribution in [0, 0.1) is 12.8 Å². The van der Waals surface area contributed by atoms with Crippen molar-refractivity contribution in [2.75, 3.05) is 19.0 Å². The van der Waals surface area contributed by atoms with Crippen molar-refractivity contribution in [3.8, 4) is 12.8 Å². The van der Waals surface area contributed by atoms with Crippen molar-refractivity contribution in [3.63, 3.8) is 0 Å². The maximum absolute atomic E-state index is 12.7. The number of amides is 1. The first-order chi connectivity index (χ1) is 14.0. The number of hydrogen-bond donors (Lipinski definition) is 1. The van der Waals surface area contributed by atoms with E-state index in [1.54, 1.807) is 0 Å². The summed E-state index contributed by atoms with van der Waals surface area (Å²) in [5.74, 6) is 0.555. The molecule has 0 aromatic heterocycles. The highest BCUT2D eigenvalue weighted by molar-refractivity contribution is 8.02. The lowest BCUT2D eigenvalue weighted by Crippen LogP contribution is -2.28. The molecule has 0 heterocycles. The molecule has 0 aliphatic rings. The molecule has 0 saturated heterocycles. The van der Waals surface area contributed by atoms with E-state index >= 15 is 0 Å². The Hall–Kier alpha value is -2.85. The molecule has 0 saturated carbocycles. The maximum atomic E-state index is 12.7. The van der Waals surface area contributed by atoms with E-state index in [0.717, 1.165) is 22.1 Å². The van der Waals surface area contributed by atoms with Crippen molar-refractivity contribution >= 4 is 34.8 Å². The third-order valence-electron chi connectivity index (χ3n) is 3.73. The van der Waals surface area contributed by atoms with E-state index in [1.807, 2.05) is 49.4 Å². The summed E-state index contributed by atoms with van der Waals surface area (Å²) in [6.45, 7) is 5.24. The van der Waals surface area contributed by atoms with Gasteiger partial charge in [-0.2, -0.15) is 0 Å². The Morgan fingerprint density at radius 3 is 2.62 bits per heavy atom. The molecule has 2 aromatic carbocycles. The number of benzene rings is 2. The molecule has 4 nitrogen and oxygen atoms in total. The summed E-state index contributed by atoms with van der Waals surface area (Å²) in [5, 5.41) is 5.38. The molecule has 0 aliphatic heterocycles. The lowest BCUT2D eigenvalue weighted by Gasteiger charge is -2.20. The molecule has 2 rings (SSSR count). The number of alkyl halides is 2. The lowest BCUT2D eigenvalue weighted by molar-refractivity contribution is -0.120. The van der Waals surface area contributed by atoms with E-state index in [2.05, 4.69) is 29.7 Å². The lowest BCUT2D eigenvalue weighted by atomic mass is 10.1. The Morgan fingerprint density at radius 1 is 1.28 bits per heavy atom. The van der Waals surface area contributed by atoms with Crippen LogP contribution >= 0.6 is 11.8 Å². The number of carbonyl (C=O) groups excluding carboxylic acids is 1. The normalized spacial score (nSPS) is 10.6. The molecule has 0 radical (unpaired) electrons. The molecule has 2 aromatic rings. The highest BCUT2D eigenvalue weighted by Crippen LogP contribution is 2.18. The van der Waals surface area contributed by atoms with Crippen LogP contribution in [0.1, 0.15) is 12.5 Å². The number of terminal acetylenes is 1. The molecule has 0 aliphatic carbocycles. The van der Waals surface area contributed by atoms with E-state index < -0.39 is 13.0 Å². The van der Waals surface area contributed by atoms with Gasteiger partial charge in [0.15, 0.2) is 0 Å². The van der Waals surface area contributed by atoms with Gasteiger partial charge in [0.2, 0.25) is 5.91 Å². The Kier molecular flexibility index (Phi) is 11.1. The summed E-state index contributed by atoms with van der Waals surface area (Å²) >= 11 is 1.37. The van der Waals surface area contributed by atoms with Gasteiger partial charge in [0.1, 0.15) is 6.67 Å². The van der Waals surface area contributed by atoms with Crippen molar-refractivity contribution in [3.05, 3.63) is 59.6 Å². The fourth-order valence-corrected chi connectivity index (χ4v) is 3.10. The molecule has 1 amide bonds. The van der Waals surface area contributed by atoms with Gasteiger partial charge >= 0.3 is 0 Å². The SMILES string of the molecule is C#C.C=C(SCC)N(/C=N\CNC(=O)Cc1ccc2ccccc2c1)CC(F)F. The van der Waals surface area contributed by atoms with Crippen molar-refractivity contribution in [1.82, 2.24) is 10.2 Å². The number of aliphatic imine (C=N–C) groups is 1. The number of nitrogens with zero attached hydrogens (tertiary/aromatic N) is 2. The summed E-state index contributed by atoms with van der Waals surface area (Å²) in [6, 6.07) is 13.8. The second-order valence-electron chi connectivity index (χ2n) is 5.78. The van der Waals surface area contributed by atoms with Crippen molar-refractivity contribution in [1.29, 1.82) is 0 Å². The summed E-state index contributed by atoms with van der Waals surface area (Å²) in [6.07, 6.45) is 7.04. The van der Waals surface area contributed by atoms with E-state index in [0.29, 0.717) is 5.03 Å². The van der Waals surface area contributed by atoms with Crippen LogP contribution in [0.4, 0.5) is 8.78 Å². The van der Waals surface area contributed by atoms with Crippen LogP contribution in [0.25, 0.3) is 10.8 Å². The van der Waals surface area contributed by atoms with Crippen molar-refractivity contribution in [2.45, 2.75) is 19.8 Å². The Bertz CT molecular complexity index is 852. The fourth-order valence-electron chi connectivity index (χ4n) is 2.48. The molecule has 29 heavy (non-hydrogen) atoms. The van der Waals surface area contributed by atoms with Gasteiger partial charge < -0.3 is 10.2 Å². The van der Waals surface area contributed by atoms with Crippen LogP contribution in [0.2, 0.25) is 0 Å². The molecule has 0 fully saturated rings. The average Bonchev–Trinajstić information content (AvgIpc) is 2.71. The largest absolute Gasteiger partial charge is 0.337 e. The average molecular weight is 418 g/mol. The minimum Gasteiger partial charge on any atom is -0.337 e. The summed E-state index contributed by atoms with van der Waals surface area (Å²) in [5.41, 5.74) is 0.905. The van der Waals surface area contributed by atoms with E-state index in [4.69, 9.17) is 0 Å².